The summed E-state index contributed by atoms with van der Waals surface area (Å²) in [6, 6.07) is 9.52. The second kappa shape index (κ2) is 21.7. The van der Waals surface area contributed by atoms with E-state index in [1.165, 1.54) is 18.9 Å². The quantitative estimate of drug-likeness (QED) is 0.148. The second-order valence-electron chi connectivity index (χ2n) is 16.1. The van der Waals surface area contributed by atoms with E-state index in [9.17, 15) is 48.9 Å². The number of esters is 1. The molecule has 328 valence electrons. The first-order chi connectivity index (χ1) is 28.5. The lowest BCUT2D eigenvalue weighted by atomic mass is 9.94. The minimum atomic E-state index is -1.94. The summed E-state index contributed by atoms with van der Waals surface area (Å²) in [5, 5.41) is 41.4. The largest absolute Gasteiger partial charge is 0.458 e. The summed E-state index contributed by atoms with van der Waals surface area (Å²) in [6.45, 7) is 7.40. The van der Waals surface area contributed by atoms with Gasteiger partial charge in [0.1, 0.15) is 48.6 Å². The van der Waals surface area contributed by atoms with E-state index in [-0.39, 0.29) is 38.0 Å². The zero-order valence-electron chi connectivity index (χ0n) is 35.1. The summed E-state index contributed by atoms with van der Waals surface area (Å²) < 4.78 is 5.77. The topological polar surface area (TPSA) is 244 Å². The number of aliphatic hydroxyl groups is 3. The van der Waals surface area contributed by atoms with E-state index in [0.717, 1.165) is 4.90 Å². The monoisotopic (exact) mass is 836 g/mol. The number of benzene rings is 2. The Hall–Kier alpha value is -5.39. The molecule has 0 spiro atoms. The molecule has 10 atom stereocenters. The van der Waals surface area contributed by atoms with Crippen LogP contribution in [0.25, 0.3) is 0 Å². The molecule has 2 fully saturated rings. The van der Waals surface area contributed by atoms with Gasteiger partial charge >= 0.3 is 5.97 Å². The van der Waals surface area contributed by atoms with Crippen molar-refractivity contribution in [1.82, 2.24) is 31.1 Å². The average molecular weight is 837 g/mol. The van der Waals surface area contributed by atoms with Crippen LogP contribution in [-0.2, 0) is 51.1 Å². The van der Waals surface area contributed by atoms with Crippen LogP contribution >= 0.6 is 0 Å². The van der Waals surface area contributed by atoms with Gasteiger partial charge in [0.05, 0.1) is 6.61 Å². The summed E-state index contributed by atoms with van der Waals surface area (Å²) in [4.78, 5) is 101. The number of carbonyl (C=O) groups excluding carboxylic acids is 7. The van der Waals surface area contributed by atoms with Crippen LogP contribution in [0.15, 0.2) is 60.7 Å². The molecule has 0 saturated carbocycles. The van der Waals surface area contributed by atoms with Crippen LogP contribution in [0.5, 0.6) is 0 Å². The molecule has 7 N–H and O–H groups in total. The maximum atomic E-state index is 14.9. The molecule has 2 aromatic carbocycles. The zero-order chi connectivity index (χ0) is 44.3. The minimum Gasteiger partial charge on any atom is -0.458 e. The normalized spacial score (nSPS) is 27.4. The van der Waals surface area contributed by atoms with E-state index in [2.05, 4.69) is 21.3 Å². The van der Waals surface area contributed by atoms with Crippen LogP contribution in [0.3, 0.4) is 0 Å². The lowest BCUT2D eigenvalue weighted by Gasteiger charge is -2.43. The van der Waals surface area contributed by atoms with Crippen molar-refractivity contribution in [3.05, 3.63) is 71.8 Å². The van der Waals surface area contributed by atoms with E-state index < -0.39 is 109 Å². The van der Waals surface area contributed by atoms with Crippen LogP contribution in [0.1, 0.15) is 71.4 Å². The third kappa shape index (κ3) is 12.1. The number of cyclic esters (lactones) is 1. The molecule has 2 aromatic rings. The third-order valence-corrected chi connectivity index (χ3v) is 11.1. The number of nitrogens with one attached hydrogen (secondary N) is 4. The number of aliphatic hydroxyl groups excluding tert-OH is 3. The SMILES string of the molecule is CC[C@H](C)[C@@H]1NC(=O)[C@H](Cc2ccccc2)N(C)C(=O)[C@H](Cc2ccccc2)N2C(=O)[C@H](CC[C@H]2O)NC(=O)[C@H](CC(C)C)NC(=O)[C@@H](NC(=O)[C@H](O)CO)[C@@H](C)OC1=O. The fourth-order valence-corrected chi connectivity index (χ4v) is 7.38. The molecule has 60 heavy (non-hydrogen) atoms. The zero-order valence-corrected chi connectivity index (χ0v) is 35.1. The molecule has 17 heteroatoms. The number of rotatable bonds is 11. The Bertz CT molecular complexity index is 1810. The van der Waals surface area contributed by atoms with Gasteiger partial charge in [-0.25, -0.2) is 4.79 Å². The first kappa shape index (κ1) is 47.3. The van der Waals surface area contributed by atoms with Crippen molar-refractivity contribution < 1.29 is 53.6 Å². The van der Waals surface area contributed by atoms with Crippen molar-refractivity contribution in [3.63, 3.8) is 0 Å². The standard InChI is InChI=1S/C43H60N6O11/c1-7-25(4)35-43(59)60-26(5)36(47-39(55)33(51)23-50)40(56)45-30(20-24(2)3)37(53)44-29-18-19-34(52)49(41(29)57)32(22-28-16-12-9-13-17-28)42(58)48(6)31(38(54)46-35)21-27-14-10-8-11-15-27/h8-17,24-26,29-36,50-52H,7,18-23H2,1-6H3,(H,44,53)(H,45,56)(H,46,54)(H,47,55)/t25-,26+,29-,30-,31-,32-,33+,34+,35-,36-/m0/s1. The fourth-order valence-electron chi connectivity index (χ4n) is 7.38. The number of ether oxygens (including phenoxy) is 1. The molecule has 2 heterocycles. The van der Waals surface area contributed by atoms with Gasteiger partial charge in [0.15, 0.2) is 6.10 Å². The molecule has 6 amide bonds. The Labute approximate surface area is 350 Å². The summed E-state index contributed by atoms with van der Waals surface area (Å²) in [7, 11) is 1.41. The number of likely N-dealkylation sites (N-methyl/N-ethyl adjacent to an activating group) is 1. The number of nitrogens with zero attached hydrogens (tertiary/aromatic N) is 2. The van der Waals surface area contributed by atoms with Crippen molar-refractivity contribution in [2.45, 2.75) is 128 Å². The number of fused-ring (bicyclic) bond motifs is 2. The van der Waals surface area contributed by atoms with Gasteiger partial charge in [0.25, 0.3) is 5.91 Å². The molecule has 2 saturated heterocycles. The van der Waals surface area contributed by atoms with Crippen LogP contribution < -0.4 is 21.3 Å². The summed E-state index contributed by atoms with van der Waals surface area (Å²) in [5.41, 5.74) is 1.33. The van der Waals surface area contributed by atoms with Crippen molar-refractivity contribution in [2.75, 3.05) is 13.7 Å². The van der Waals surface area contributed by atoms with E-state index >= 15 is 0 Å². The Kier molecular flexibility index (Phi) is 17.1. The molecular weight excluding hydrogens is 777 g/mol. The number of carbonyl (C=O) groups is 7. The smallest absolute Gasteiger partial charge is 0.329 e. The highest BCUT2D eigenvalue weighted by Gasteiger charge is 2.46. The van der Waals surface area contributed by atoms with Gasteiger partial charge in [0.2, 0.25) is 29.5 Å². The summed E-state index contributed by atoms with van der Waals surface area (Å²) >= 11 is 0. The van der Waals surface area contributed by atoms with Gasteiger partial charge < -0.3 is 51.1 Å². The van der Waals surface area contributed by atoms with Gasteiger partial charge in [-0.2, -0.15) is 0 Å². The van der Waals surface area contributed by atoms with Crippen molar-refractivity contribution in [2.24, 2.45) is 11.8 Å². The first-order valence-corrected chi connectivity index (χ1v) is 20.5. The molecular formula is C43H60N6O11. The van der Waals surface area contributed by atoms with Gasteiger partial charge in [-0.05, 0) is 49.1 Å². The predicted molar refractivity (Wildman–Crippen MR) is 218 cm³/mol. The molecule has 2 aliphatic heterocycles. The molecule has 4 rings (SSSR count). The van der Waals surface area contributed by atoms with Crippen LogP contribution in [-0.4, -0.2) is 135 Å². The predicted octanol–water partition coefficient (Wildman–Crippen LogP) is -0.0619. The van der Waals surface area contributed by atoms with Gasteiger partial charge in [0, 0.05) is 19.9 Å². The van der Waals surface area contributed by atoms with Crippen LogP contribution in [0.2, 0.25) is 0 Å². The van der Waals surface area contributed by atoms with Gasteiger partial charge in [-0.15, -0.1) is 0 Å². The Morgan fingerprint density at radius 2 is 1.42 bits per heavy atom. The molecule has 0 radical (unpaired) electrons. The molecule has 2 aliphatic rings. The van der Waals surface area contributed by atoms with Crippen LogP contribution in [0.4, 0.5) is 0 Å². The molecule has 0 aliphatic carbocycles. The number of hydrogen-bond acceptors (Lipinski definition) is 11. The minimum absolute atomic E-state index is 0.00652. The maximum absolute atomic E-state index is 14.9. The van der Waals surface area contributed by atoms with Crippen LogP contribution in [0, 0.1) is 11.8 Å². The van der Waals surface area contributed by atoms with E-state index in [1.54, 1.807) is 88.4 Å². The highest BCUT2D eigenvalue weighted by Crippen LogP contribution is 2.25. The Balaban J connectivity index is 1.89. The van der Waals surface area contributed by atoms with Crippen molar-refractivity contribution in [1.29, 1.82) is 0 Å². The fraction of sp³-hybridized carbons (Fsp3) is 0.558. The van der Waals surface area contributed by atoms with Crippen molar-refractivity contribution >= 4 is 41.4 Å². The maximum Gasteiger partial charge on any atom is 0.329 e. The van der Waals surface area contributed by atoms with E-state index in [4.69, 9.17) is 4.74 Å². The van der Waals surface area contributed by atoms with Crippen molar-refractivity contribution in [3.8, 4) is 0 Å². The highest BCUT2D eigenvalue weighted by molar-refractivity contribution is 5.98. The molecule has 0 unspecified atom stereocenters. The first-order valence-electron chi connectivity index (χ1n) is 20.5. The summed E-state index contributed by atoms with van der Waals surface area (Å²) in [5.74, 6) is -6.81. The molecule has 0 aromatic heterocycles. The molecule has 17 nitrogen and oxygen atoms in total. The van der Waals surface area contributed by atoms with E-state index in [0.29, 0.717) is 17.5 Å². The Morgan fingerprint density at radius 1 is 0.833 bits per heavy atom. The average Bonchev–Trinajstić information content (AvgIpc) is 3.22. The number of hydrogen-bond donors (Lipinski definition) is 7. The van der Waals surface area contributed by atoms with Gasteiger partial charge in [-0.3, -0.25) is 28.8 Å². The second-order valence-corrected chi connectivity index (χ2v) is 16.1. The number of amides is 6. The lowest BCUT2D eigenvalue weighted by molar-refractivity contribution is -0.165. The third-order valence-electron chi connectivity index (χ3n) is 11.1. The molecule has 2 bridgehead atoms. The van der Waals surface area contributed by atoms with E-state index in [1.807, 2.05) is 0 Å². The lowest BCUT2D eigenvalue weighted by Crippen LogP contribution is -2.65. The Morgan fingerprint density at radius 3 is 1.97 bits per heavy atom. The summed E-state index contributed by atoms with van der Waals surface area (Å²) in [6.07, 6.45) is -4.52. The number of piperidine rings is 1. The highest BCUT2D eigenvalue weighted by atomic mass is 16.5. The van der Waals surface area contributed by atoms with Gasteiger partial charge in [-0.1, -0.05) is 94.8 Å².